The average Bonchev–Trinajstić information content (AvgIpc) is 2.96. The maximum absolute atomic E-state index is 5.67. The Bertz CT molecular complexity index is 618. The minimum atomic E-state index is 0.304. The Morgan fingerprint density at radius 1 is 1.14 bits per heavy atom. The first kappa shape index (κ1) is 14.2. The third-order valence-corrected chi connectivity index (χ3v) is 3.63. The molecule has 2 aromatic carbocycles. The first-order valence-corrected chi connectivity index (χ1v) is 7.59. The summed E-state index contributed by atoms with van der Waals surface area (Å²) in [5.41, 5.74) is 1.10. The highest BCUT2D eigenvalue weighted by atomic mass is 79.9. The number of nitrogens with one attached hydrogen (secondary N) is 1. The van der Waals surface area contributed by atoms with Gasteiger partial charge in [0, 0.05) is 23.1 Å². The van der Waals surface area contributed by atoms with E-state index in [1.54, 1.807) is 0 Å². The molecule has 1 aliphatic heterocycles. The molecule has 0 unspecified atom stereocenters. The molecule has 0 radical (unpaired) electrons. The summed E-state index contributed by atoms with van der Waals surface area (Å²) in [5.74, 6) is 2.53. The lowest BCUT2D eigenvalue weighted by atomic mass is 10.2. The average molecular weight is 350 g/mol. The van der Waals surface area contributed by atoms with Crippen LogP contribution in [0.4, 0.5) is 0 Å². The molecule has 0 aliphatic carbocycles. The molecule has 1 N–H and O–H groups in total. The second-order valence-electron chi connectivity index (χ2n) is 4.63. The van der Waals surface area contributed by atoms with Crippen LogP contribution in [0.3, 0.4) is 0 Å². The van der Waals surface area contributed by atoms with Crippen LogP contribution in [0.15, 0.2) is 46.9 Å². The number of hydrogen-bond acceptors (Lipinski definition) is 4. The molecule has 0 aromatic heterocycles. The number of halogens is 1. The van der Waals surface area contributed by atoms with E-state index in [9.17, 15) is 0 Å². The van der Waals surface area contributed by atoms with Crippen molar-refractivity contribution in [3.8, 4) is 17.2 Å². The fraction of sp³-hybridized carbons (Fsp3) is 0.250. The molecule has 110 valence electrons. The Kier molecular flexibility index (Phi) is 4.62. The van der Waals surface area contributed by atoms with Gasteiger partial charge in [-0.3, -0.25) is 0 Å². The third-order valence-electron chi connectivity index (χ3n) is 3.14. The van der Waals surface area contributed by atoms with Gasteiger partial charge in [-0.1, -0.05) is 34.1 Å². The van der Waals surface area contributed by atoms with E-state index >= 15 is 0 Å². The molecule has 0 fully saturated rings. The molecular formula is C16H16BrNO3. The molecule has 5 heteroatoms. The van der Waals surface area contributed by atoms with Crippen molar-refractivity contribution in [3.63, 3.8) is 0 Å². The predicted molar refractivity (Wildman–Crippen MR) is 83.9 cm³/mol. The number of rotatable bonds is 6. The fourth-order valence-electron chi connectivity index (χ4n) is 2.15. The minimum absolute atomic E-state index is 0.304. The van der Waals surface area contributed by atoms with Crippen LogP contribution in [0.5, 0.6) is 17.2 Å². The molecule has 1 aliphatic rings. The van der Waals surface area contributed by atoms with Crippen molar-refractivity contribution in [2.24, 2.45) is 0 Å². The SMILES string of the molecule is Brc1cccc(OCCNCc2cccc3c2OCO3)c1. The Morgan fingerprint density at radius 3 is 2.95 bits per heavy atom. The van der Waals surface area contributed by atoms with Crippen LogP contribution in [0.25, 0.3) is 0 Å². The van der Waals surface area contributed by atoms with Crippen molar-refractivity contribution in [1.29, 1.82) is 0 Å². The van der Waals surface area contributed by atoms with E-state index < -0.39 is 0 Å². The summed E-state index contributed by atoms with van der Waals surface area (Å²) in [5, 5.41) is 3.34. The van der Waals surface area contributed by atoms with Gasteiger partial charge in [0.05, 0.1) is 0 Å². The summed E-state index contributed by atoms with van der Waals surface area (Å²) in [6.07, 6.45) is 0. The molecule has 0 atom stereocenters. The van der Waals surface area contributed by atoms with Gasteiger partial charge in [0.1, 0.15) is 12.4 Å². The lowest BCUT2D eigenvalue weighted by Crippen LogP contribution is -2.20. The van der Waals surface area contributed by atoms with E-state index in [2.05, 4.69) is 21.2 Å². The second kappa shape index (κ2) is 6.83. The van der Waals surface area contributed by atoms with Crippen molar-refractivity contribution < 1.29 is 14.2 Å². The maximum atomic E-state index is 5.67. The van der Waals surface area contributed by atoms with E-state index in [-0.39, 0.29) is 0 Å². The predicted octanol–water partition coefficient (Wildman–Crippen LogP) is 3.35. The van der Waals surface area contributed by atoms with Crippen LogP contribution in [0.2, 0.25) is 0 Å². The lowest BCUT2D eigenvalue weighted by molar-refractivity contribution is 0.173. The summed E-state index contributed by atoms with van der Waals surface area (Å²) in [4.78, 5) is 0. The van der Waals surface area contributed by atoms with E-state index in [4.69, 9.17) is 14.2 Å². The fourth-order valence-corrected chi connectivity index (χ4v) is 2.53. The van der Waals surface area contributed by atoms with E-state index in [1.165, 1.54) is 0 Å². The molecule has 0 spiro atoms. The molecule has 0 saturated heterocycles. The van der Waals surface area contributed by atoms with Gasteiger partial charge in [0.25, 0.3) is 0 Å². The van der Waals surface area contributed by atoms with Gasteiger partial charge < -0.3 is 19.5 Å². The first-order chi connectivity index (χ1) is 10.3. The van der Waals surface area contributed by atoms with Gasteiger partial charge in [0.15, 0.2) is 11.5 Å². The van der Waals surface area contributed by atoms with Crippen LogP contribution in [-0.4, -0.2) is 19.9 Å². The van der Waals surface area contributed by atoms with Gasteiger partial charge in [0.2, 0.25) is 6.79 Å². The maximum Gasteiger partial charge on any atom is 0.231 e. The van der Waals surface area contributed by atoms with Crippen molar-refractivity contribution in [1.82, 2.24) is 5.32 Å². The summed E-state index contributed by atoms with van der Waals surface area (Å²) >= 11 is 3.42. The van der Waals surface area contributed by atoms with Gasteiger partial charge >= 0.3 is 0 Å². The van der Waals surface area contributed by atoms with E-state index in [0.29, 0.717) is 13.4 Å². The Balaban J connectivity index is 1.44. The number of benzene rings is 2. The topological polar surface area (TPSA) is 39.7 Å². The summed E-state index contributed by atoms with van der Waals surface area (Å²) in [6.45, 7) is 2.41. The van der Waals surface area contributed by atoms with Gasteiger partial charge in [-0.05, 0) is 24.3 Å². The Morgan fingerprint density at radius 2 is 2.05 bits per heavy atom. The molecule has 0 amide bonds. The highest BCUT2D eigenvalue weighted by Crippen LogP contribution is 2.35. The van der Waals surface area contributed by atoms with Crippen LogP contribution >= 0.6 is 15.9 Å². The van der Waals surface area contributed by atoms with Crippen molar-refractivity contribution in [2.75, 3.05) is 19.9 Å². The van der Waals surface area contributed by atoms with Crippen LogP contribution in [0.1, 0.15) is 5.56 Å². The van der Waals surface area contributed by atoms with Gasteiger partial charge in [-0.2, -0.15) is 0 Å². The highest BCUT2D eigenvalue weighted by molar-refractivity contribution is 9.10. The minimum Gasteiger partial charge on any atom is -0.492 e. The third kappa shape index (κ3) is 3.68. The second-order valence-corrected chi connectivity index (χ2v) is 5.55. The monoisotopic (exact) mass is 349 g/mol. The van der Waals surface area contributed by atoms with Crippen LogP contribution in [0, 0.1) is 0 Å². The van der Waals surface area contributed by atoms with Crippen molar-refractivity contribution >= 4 is 15.9 Å². The molecule has 4 nitrogen and oxygen atoms in total. The molecule has 0 saturated carbocycles. The number of ether oxygens (including phenoxy) is 3. The largest absolute Gasteiger partial charge is 0.492 e. The number of fused-ring (bicyclic) bond motifs is 1. The molecule has 21 heavy (non-hydrogen) atoms. The zero-order chi connectivity index (χ0) is 14.5. The zero-order valence-corrected chi connectivity index (χ0v) is 13.1. The van der Waals surface area contributed by atoms with Gasteiger partial charge in [-0.15, -0.1) is 0 Å². The van der Waals surface area contributed by atoms with Crippen molar-refractivity contribution in [2.45, 2.75) is 6.54 Å². The quantitative estimate of drug-likeness (QED) is 0.812. The van der Waals surface area contributed by atoms with Crippen LogP contribution < -0.4 is 19.5 Å². The Hall–Kier alpha value is -1.72. The standard InChI is InChI=1S/C16H16BrNO3/c17-13-4-2-5-14(9-13)19-8-7-18-10-12-3-1-6-15-16(12)21-11-20-15/h1-6,9,18H,7-8,10-11H2. The normalized spacial score (nSPS) is 12.4. The molecule has 3 rings (SSSR count). The van der Waals surface area contributed by atoms with Crippen LogP contribution in [-0.2, 0) is 6.54 Å². The molecule has 0 bridgehead atoms. The first-order valence-electron chi connectivity index (χ1n) is 6.79. The lowest BCUT2D eigenvalue weighted by Gasteiger charge is -2.09. The number of para-hydroxylation sites is 1. The summed E-state index contributed by atoms with van der Waals surface area (Å²) in [7, 11) is 0. The molecular weight excluding hydrogens is 334 g/mol. The molecule has 1 heterocycles. The van der Waals surface area contributed by atoms with Gasteiger partial charge in [-0.25, -0.2) is 0 Å². The van der Waals surface area contributed by atoms with Crippen molar-refractivity contribution in [3.05, 3.63) is 52.5 Å². The van der Waals surface area contributed by atoms with E-state index in [0.717, 1.165) is 40.4 Å². The Labute approximate surface area is 132 Å². The highest BCUT2D eigenvalue weighted by Gasteiger charge is 2.16. The zero-order valence-electron chi connectivity index (χ0n) is 11.5. The number of hydrogen-bond donors (Lipinski definition) is 1. The smallest absolute Gasteiger partial charge is 0.231 e. The summed E-state index contributed by atoms with van der Waals surface area (Å²) < 4.78 is 17.5. The van der Waals surface area contributed by atoms with E-state index in [1.807, 2.05) is 42.5 Å². The molecule has 2 aromatic rings. The summed E-state index contributed by atoms with van der Waals surface area (Å²) in [6, 6.07) is 13.8.